The lowest BCUT2D eigenvalue weighted by Gasteiger charge is -2.36. The van der Waals surface area contributed by atoms with Gasteiger partial charge in [0.05, 0.1) is 6.54 Å². The summed E-state index contributed by atoms with van der Waals surface area (Å²) in [7, 11) is 0. The van der Waals surface area contributed by atoms with Crippen molar-refractivity contribution in [1.82, 2.24) is 25.5 Å². The van der Waals surface area contributed by atoms with Gasteiger partial charge in [-0.25, -0.2) is 15.0 Å². The van der Waals surface area contributed by atoms with Gasteiger partial charge >= 0.3 is 0 Å². The van der Waals surface area contributed by atoms with E-state index in [1.54, 1.807) is 12.4 Å². The average Bonchev–Trinajstić information content (AvgIpc) is 2.78. The van der Waals surface area contributed by atoms with Crippen LogP contribution in [0.2, 0.25) is 0 Å². The Bertz CT molecular complexity index is 817. The fraction of sp³-hybridized carbons (Fsp3) is 0.429. The molecule has 2 N–H and O–H groups in total. The molecule has 1 fully saturated rings. The summed E-state index contributed by atoms with van der Waals surface area (Å²) >= 11 is 0. The van der Waals surface area contributed by atoms with E-state index in [0.717, 1.165) is 50.2 Å². The Morgan fingerprint density at radius 2 is 1.76 bits per heavy atom. The topological polar surface area (TPSA) is 85.8 Å². The van der Waals surface area contributed by atoms with Crippen molar-refractivity contribution in [2.24, 2.45) is 4.99 Å². The number of rotatable bonds is 6. The van der Waals surface area contributed by atoms with Crippen molar-refractivity contribution in [2.75, 3.05) is 44.2 Å². The van der Waals surface area contributed by atoms with Crippen LogP contribution in [0.15, 0.2) is 47.7 Å². The zero-order valence-corrected chi connectivity index (χ0v) is 17.1. The van der Waals surface area contributed by atoms with Crippen LogP contribution < -0.4 is 15.5 Å². The maximum atomic E-state index is 12.1. The molecular weight excluding hydrogens is 366 g/mol. The van der Waals surface area contributed by atoms with Gasteiger partial charge in [-0.1, -0.05) is 12.1 Å². The number of piperazine rings is 1. The van der Waals surface area contributed by atoms with Gasteiger partial charge in [0.15, 0.2) is 5.96 Å². The Hall–Kier alpha value is -3.16. The molecule has 0 atom stereocenters. The molecule has 2 heterocycles. The molecule has 154 valence electrons. The first-order valence-electron chi connectivity index (χ1n) is 10.1. The van der Waals surface area contributed by atoms with Crippen LogP contribution >= 0.6 is 0 Å². The van der Waals surface area contributed by atoms with Crippen LogP contribution in [0, 0.1) is 0 Å². The van der Waals surface area contributed by atoms with E-state index in [1.807, 2.05) is 37.3 Å². The molecule has 1 saturated heterocycles. The highest BCUT2D eigenvalue weighted by Crippen LogP contribution is 2.11. The molecule has 29 heavy (non-hydrogen) atoms. The number of hydrogen-bond donors (Lipinski definition) is 2. The number of aromatic nitrogens is 2. The molecule has 1 amide bonds. The van der Waals surface area contributed by atoms with Crippen LogP contribution in [0.3, 0.4) is 0 Å². The quantitative estimate of drug-likeness (QED) is 0.570. The molecule has 3 rings (SSSR count). The van der Waals surface area contributed by atoms with Crippen LogP contribution in [0.25, 0.3) is 0 Å². The summed E-state index contributed by atoms with van der Waals surface area (Å²) in [6, 6.07) is 9.47. The predicted octanol–water partition coefficient (Wildman–Crippen LogP) is 1.51. The van der Waals surface area contributed by atoms with Crippen LogP contribution in [0.4, 0.5) is 5.95 Å². The molecular formula is C21H29N7O. The van der Waals surface area contributed by atoms with Gasteiger partial charge in [-0.05, 0) is 37.6 Å². The summed E-state index contributed by atoms with van der Waals surface area (Å²) in [5.74, 6) is 1.62. The Morgan fingerprint density at radius 3 is 2.45 bits per heavy atom. The van der Waals surface area contributed by atoms with E-state index in [2.05, 4.69) is 37.3 Å². The number of carbonyl (C=O) groups is 1. The second-order valence-electron chi connectivity index (χ2n) is 6.75. The predicted molar refractivity (Wildman–Crippen MR) is 115 cm³/mol. The molecule has 0 unspecified atom stereocenters. The number of guanidine groups is 1. The smallest absolute Gasteiger partial charge is 0.251 e. The highest BCUT2D eigenvalue weighted by atomic mass is 16.1. The Kier molecular flexibility index (Phi) is 7.38. The van der Waals surface area contributed by atoms with Gasteiger partial charge in [-0.3, -0.25) is 4.79 Å². The van der Waals surface area contributed by atoms with Crippen molar-refractivity contribution >= 4 is 17.8 Å². The molecule has 8 heteroatoms. The minimum atomic E-state index is -0.0514. The van der Waals surface area contributed by atoms with E-state index >= 15 is 0 Å². The summed E-state index contributed by atoms with van der Waals surface area (Å²) in [5, 5.41) is 6.22. The van der Waals surface area contributed by atoms with Crippen molar-refractivity contribution in [3.8, 4) is 0 Å². The molecule has 0 saturated carbocycles. The Labute approximate surface area is 172 Å². The minimum absolute atomic E-state index is 0.0514. The summed E-state index contributed by atoms with van der Waals surface area (Å²) in [4.78, 5) is 30.0. The molecule has 0 bridgehead atoms. The highest BCUT2D eigenvalue weighted by molar-refractivity contribution is 5.94. The van der Waals surface area contributed by atoms with E-state index in [-0.39, 0.29) is 5.91 Å². The van der Waals surface area contributed by atoms with Crippen LogP contribution in [0.1, 0.15) is 29.8 Å². The average molecular weight is 396 g/mol. The maximum absolute atomic E-state index is 12.1. The number of nitrogens with zero attached hydrogens (tertiary/aromatic N) is 5. The van der Waals surface area contributed by atoms with Gasteiger partial charge in [0, 0.05) is 57.2 Å². The van der Waals surface area contributed by atoms with Gasteiger partial charge in [0.2, 0.25) is 5.95 Å². The Balaban J connectivity index is 1.63. The summed E-state index contributed by atoms with van der Waals surface area (Å²) in [6.07, 6.45) is 3.55. The van der Waals surface area contributed by atoms with Gasteiger partial charge < -0.3 is 20.4 Å². The SMILES string of the molecule is CCNC(=O)c1cccc(CN=C(NCC)N2CCN(c3ncccn3)CC2)c1. The molecule has 1 aliphatic rings. The third-order valence-corrected chi connectivity index (χ3v) is 4.69. The van der Waals surface area contributed by atoms with Crippen molar-refractivity contribution < 1.29 is 4.79 Å². The zero-order chi connectivity index (χ0) is 20.5. The molecule has 1 aromatic heterocycles. The number of hydrogen-bond acceptors (Lipinski definition) is 5. The number of anilines is 1. The number of benzene rings is 1. The van der Waals surface area contributed by atoms with Crippen molar-refractivity contribution in [3.63, 3.8) is 0 Å². The van der Waals surface area contributed by atoms with E-state index in [9.17, 15) is 4.79 Å². The molecule has 0 aliphatic carbocycles. The van der Waals surface area contributed by atoms with E-state index in [1.165, 1.54) is 0 Å². The standard InChI is InChI=1S/C21H29N7O/c1-3-22-19(29)18-8-5-7-17(15-18)16-26-20(23-4-2)27-11-13-28(14-12-27)21-24-9-6-10-25-21/h5-10,15H,3-4,11-14,16H2,1-2H3,(H,22,29)(H,23,26). The lowest BCUT2D eigenvalue weighted by atomic mass is 10.1. The summed E-state index contributed by atoms with van der Waals surface area (Å²) < 4.78 is 0. The van der Waals surface area contributed by atoms with Gasteiger partial charge in [-0.15, -0.1) is 0 Å². The van der Waals surface area contributed by atoms with Gasteiger partial charge in [0.1, 0.15) is 0 Å². The van der Waals surface area contributed by atoms with E-state index in [0.29, 0.717) is 18.7 Å². The summed E-state index contributed by atoms with van der Waals surface area (Å²) in [6.45, 7) is 9.33. The first kappa shape index (κ1) is 20.6. The van der Waals surface area contributed by atoms with Crippen LogP contribution in [-0.2, 0) is 6.54 Å². The summed E-state index contributed by atoms with van der Waals surface area (Å²) in [5.41, 5.74) is 1.68. The molecule has 1 aliphatic heterocycles. The normalized spacial score (nSPS) is 14.6. The fourth-order valence-electron chi connectivity index (χ4n) is 3.24. The number of aliphatic imine (C=N–C) groups is 1. The number of nitrogens with one attached hydrogen (secondary N) is 2. The number of carbonyl (C=O) groups excluding carboxylic acids is 1. The third-order valence-electron chi connectivity index (χ3n) is 4.69. The van der Waals surface area contributed by atoms with Crippen molar-refractivity contribution in [1.29, 1.82) is 0 Å². The second-order valence-corrected chi connectivity index (χ2v) is 6.75. The van der Waals surface area contributed by atoms with E-state index < -0.39 is 0 Å². The highest BCUT2D eigenvalue weighted by Gasteiger charge is 2.21. The first-order valence-corrected chi connectivity index (χ1v) is 10.1. The van der Waals surface area contributed by atoms with E-state index in [4.69, 9.17) is 4.99 Å². The lowest BCUT2D eigenvalue weighted by Crippen LogP contribution is -2.52. The van der Waals surface area contributed by atoms with Crippen LogP contribution in [-0.4, -0.2) is 66.0 Å². The monoisotopic (exact) mass is 395 g/mol. The fourth-order valence-corrected chi connectivity index (χ4v) is 3.24. The minimum Gasteiger partial charge on any atom is -0.357 e. The molecule has 8 nitrogen and oxygen atoms in total. The van der Waals surface area contributed by atoms with Gasteiger partial charge in [-0.2, -0.15) is 0 Å². The molecule has 0 spiro atoms. The second kappa shape index (κ2) is 10.4. The maximum Gasteiger partial charge on any atom is 0.251 e. The number of amides is 1. The van der Waals surface area contributed by atoms with Crippen LogP contribution in [0.5, 0.6) is 0 Å². The molecule has 1 aromatic carbocycles. The third kappa shape index (κ3) is 5.66. The Morgan fingerprint density at radius 1 is 1.03 bits per heavy atom. The first-order chi connectivity index (χ1) is 14.2. The lowest BCUT2D eigenvalue weighted by molar-refractivity contribution is 0.0955. The largest absolute Gasteiger partial charge is 0.357 e. The van der Waals surface area contributed by atoms with Crippen molar-refractivity contribution in [3.05, 3.63) is 53.9 Å². The zero-order valence-electron chi connectivity index (χ0n) is 17.1. The molecule has 0 radical (unpaired) electrons. The molecule has 2 aromatic rings. The van der Waals surface area contributed by atoms with Gasteiger partial charge in [0.25, 0.3) is 5.91 Å². The van der Waals surface area contributed by atoms with Crippen molar-refractivity contribution in [2.45, 2.75) is 20.4 Å².